The number of fused-ring (bicyclic) bond motifs is 2. The Labute approximate surface area is 231 Å². The lowest BCUT2D eigenvalue weighted by Crippen LogP contribution is -2.21. The highest BCUT2D eigenvalue weighted by Crippen LogP contribution is 2.29. The molecule has 2 nitrogen and oxygen atoms in total. The summed E-state index contributed by atoms with van der Waals surface area (Å²) in [5, 5.41) is 0. The third-order valence-electron chi connectivity index (χ3n) is 7.70. The molecule has 0 aromatic heterocycles. The van der Waals surface area contributed by atoms with Gasteiger partial charge >= 0.3 is 0 Å². The first kappa shape index (κ1) is 29.8. The van der Waals surface area contributed by atoms with Crippen LogP contribution in [-0.4, -0.2) is 11.6 Å². The molecule has 1 aliphatic carbocycles. The van der Waals surface area contributed by atoms with E-state index in [9.17, 15) is 9.59 Å². The molecule has 204 valence electrons. The summed E-state index contributed by atoms with van der Waals surface area (Å²) in [5.41, 5.74) is 7.33. The molecule has 2 aromatic carbocycles. The Balaban J connectivity index is 1.62. The van der Waals surface area contributed by atoms with E-state index in [1.165, 1.54) is 36.8 Å². The standard InChI is InChI=1S/C36H48O2/c1-25(2)11-7-13-27(5)15-9-17-29-19-21-31-33(23-29)35(37)32-22-20-30(24-34(32)36(31)38)18-10-16-28(6)14-8-12-26(3)4/h15-16,19-26H,7-14,17-18H2,1-6H3. The van der Waals surface area contributed by atoms with E-state index in [-0.39, 0.29) is 11.6 Å². The van der Waals surface area contributed by atoms with Crippen molar-refractivity contribution < 1.29 is 9.59 Å². The van der Waals surface area contributed by atoms with Crippen LogP contribution in [0.15, 0.2) is 59.7 Å². The van der Waals surface area contributed by atoms with Gasteiger partial charge in [-0.2, -0.15) is 0 Å². The molecule has 0 fully saturated rings. The highest BCUT2D eigenvalue weighted by atomic mass is 16.1. The zero-order chi connectivity index (χ0) is 27.7. The fourth-order valence-electron chi connectivity index (χ4n) is 5.31. The van der Waals surface area contributed by atoms with Gasteiger partial charge in [-0.3, -0.25) is 9.59 Å². The van der Waals surface area contributed by atoms with Crippen molar-refractivity contribution in [1.29, 1.82) is 0 Å². The van der Waals surface area contributed by atoms with Gasteiger partial charge in [0.2, 0.25) is 0 Å². The van der Waals surface area contributed by atoms with Gasteiger partial charge in [-0.1, -0.05) is 88.1 Å². The fraction of sp³-hybridized carbons (Fsp3) is 0.500. The van der Waals surface area contributed by atoms with Crippen LogP contribution in [0, 0.1) is 11.8 Å². The predicted molar refractivity (Wildman–Crippen MR) is 161 cm³/mol. The number of ketones is 2. The molecule has 0 atom stereocenters. The van der Waals surface area contributed by atoms with E-state index in [1.807, 2.05) is 36.4 Å². The number of aryl methyl sites for hydroxylation is 2. The molecule has 0 spiro atoms. The Kier molecular flexibility index (Phi) is 11.3. The molecule has 2 heteroatoms. The van der Waals surface area contributed by atoms with Crippen LogP contribution in [0.2, 0.25) is 0 Å². The van der Waals surface area contributed by atoms with Crippen molar-refractivity contribution in [2.24, 2.45) is 11.8 Å². The topological polar surface area (TPSA) is 34.1 Å². The van der Waals surface area contributed by atoms with Gasteiger partial charge in [-0.15, -0.1) is 0 Å². The number of carbonyl (C=O) groups excluding carboxylic acids is 2. The maximum Gasteiger partial charge on any atom is 0.194 e. The molecule has 0 amide bonds. The van der Waals surface area contributed by atoms with E-state index < -0.39 is 0 Å². The molecule has 0 saturated heterocycles. The van der Waals surface area contributed by atoms with Gasteiger partial charge in [0.25, 0.3) is 0 Å². The number of benzene rings is 2. The number of hydrogen-bond donors (Lipinski definition) is 0. The number of hydrogen-bond acceptors (Lipinski definition) is 2. The van der Waals surface area contributed by atoms with E-state index in [1.54, 1.807) is 0 Å². The third-order valence-corrected chi connectivity index (χ3v) is 7.70. The maximum atomic E-state index is 13.4. The molecule has 1 aliphatic rings. The first-order chi connectivity index (χ1) is 18.2. The number of rotatable bonds is 14. The summed E-state index contributed by atoms with van der Waals surface area (Å²) in [6.07, 6.45) is 15.7. The van der Waals surface area contributed by atoms with Gasteiger partial charge in [0, 0.05) is 22.3 Å². The van der Waals surface area contributed by atoms with E-state index >= 15 is 0 Å². The van der Waals surface area contributed by atoms with Crippen LogP contribution in [0.3, 0.4) is 0 Å². The molecule has 0 bridgehead atoms. The first-order valence-electron chi connectivity index (χ1n) is 14.8. The minimum atomic E-state index is -0.0238. The fourth-order valence-corrected chi connectivity index (χ4v) is 5.31. The third kappa shape index (κ3) is 8.65. The second-order valence-corrected chi connectivity index (χ2v) is 12.2. The summed E-state index contributed by atoms with van der Waals surface area (Å²) >= 11 is 0. The second-order valence-electron chi connectivity index (χ2n) is 12.2. The van der Waals surface area contributed by atoms with Crippen LogP contribution in [0.5, 0.6) is 0 Å². The largest absolute Gasteiger partial charge is 0.289 e. The molecule has 0 N–H and O–H groups in total. The van der Waals surface area contributed by atoms with Crippen molar-refractivity contribution >= 4 is 11.6 Å². The van der Waals surface area contributed by atoms with E-state index in [2.05, 4.69) is 53.7 Å². The summed E-state index contributed by atoms with van der Waals surface area (Å²) in [7, 11) is 0. The molecule has 0 saturated carbocycles. The Morgan fingerprint density at radius 3 is 1.39 bits per heavy atom. The van der Waals surface area contributed by atoms with Gasteiger partial charge < -0.3 is 0 Å². The monoisotopic (exact) mass is 512 g/mol. The van der Waals surface area contributed by atoms with Crippen LogP contribution in [-0.2, 0) is 12.8 Å². The number of carbonyl (C=O) groups is 2. The molecule has 38 heavy (non-hydrogen) atoms. The lowest BCUT2D eigenvalue weighted by molar-refractivity contribution is 0.0979. The van der Waals surface area contributed by atoms with Crippen molar-refractivity contribution in [2.75, 3.05) is 0 Å². The Bertz CT molecular complexity index is 1080. The summed E-state index contributed by atoms with van der Waals surface area (Å²) in [5.74, 6) is 1.46. The summed E-state index contributed by atoms with van der Waals surface area (Å²) in [6, 6.07) is 11.7. The van der Waals surface area contributed by atoms with Crippen LogP contribution in [0.25, 0.3) is 0 Å². The minimum absolute atomic E-state index is 0.0238. The van der Waals surface area contributed by atoms with Crippen molar-refractivity contribution in [2.45, 2.75) is 106 Å². The van der Waals surface area contributed by atoms with Crippen LogP contribution < -0.4 is 0 Å². The van der Waals surface area contributed by atoms with Crippen LogP contribution >= 0.6 is 0 Å². The van der Waals surface area contributed by atoms with Crippen LogP contribution in [0.4, 0.5) is 0 Å². The van der Waals surface area contributed by atoms with E-state index in [0.717, 1.165) is 61.5 Å². The quantitative estimate of drug-likeness (QED) is 0.201. The highest BCUT2D eigenvalue weighted by Gasteiger charge is 2.29. The maximum absolute atomic E-state index is 13.4. The van der Waals surface area contributed by atoms with Gasteiger partial charge in [-0.25, -0.2) is 0 Å². The second kappa shape index (κ2) is 14.4. The molecular weight excluding hydrogens is 464 g/mol. The minimum Gasteiger partial charge on any atom is -0.289 e. The Hall–Kier alpha value is -2.74. The molecule has 3 rings (SSSR count). The average Bonchev–Trinajstić information content (AvgIpc) is 2.86. The summed E-state index contributed by atoms with van der Waals surface area (Å²) < 4.78 is 0. The normalized spacial score (nSPS) is 13.9. The smallest absolute Gasteiger partial charge is 0.194 e. The van der Waals surface area contributed by atoms with Gasteiger partial charge in [0.05, 0.1) is 0 Å². The van der Waals surface area contributed by atoms with E-state index in [0.29, 0.717) is 22.3 Å². The first-order valence-corrected chi connectivity index (χ1v) is 14.8. The van der Waals surface area contributed by atoms with Gasteiger partial charge in [0.15, 0.2) is 11.6 Å². The molecule has 2 aromatic rings. The van der Waals surface area contributed by atoms with Crippen molar-refractivity contribution in [3.05, 3.63) is 93.1 Å². The van der Waals surface area contributed by atoms with Crippen molar-refractivity contribution in [3.63, 3.8) is 0 Å². The van der Waals surface area contributed by atoms with E-state index in [4.69, 9.17) is 0 Å². The molecule has 0 radical (unpaired) electrons. The highest BCUT2D eigenvalue weighted by molar-refractivity contribution is 6.28. The van der Waals surface area contributed by atoms with Gasteiger partial charge in [-0.05, 0) is 100 Å². The Morgan fingerprint density at radius 1 is 0.632 bits per heavy atom. The SMILES string of the molecule is CC(=CCCc1ccc2c(c1)C(=O)c1ccc(CCC=C(C)CCCC(C)C)cc1C2=O)CCCC(C)C. The van der Waals surface area contributed by atoms with Crippen molar-refractivity contribution in [1.82, 2.24) is 0 Å². The zero-order valence-electron chi connectivity index (χ0n) is 24.7. The Morgan fingerprint density at radius 2 is 1.03 bits per heavy atom. The van der Waals surface area contributed by atoms with Crippen LogP contribution in [0.1, 0.15) is 136 Å². The van der Waals surface area contributed by atoms with Crippen molar-refractivity contribution in [3.8, 4) is 0 Å². The molecule has 0 unspecified atom stereocenters. The average molecular weight is 513 g/mol. The zero-order valence-corrected chi connectivity index (χ0v) is 24.7. The lowest BCUT2D eigenvalue weighted by Gasteiger charge is -2.19. The molecule has 0 aliphatic heterocycles. The lowest BCUT2D eigenvalue weighted by atomic mass is 9.82. The van der Waals surface area contributed by atoms with Gasteiger partial charge in [0.1, 0.15) is 0 Å². The molecule has 0 heterocycles. The predicted octanol–water partition coefficient (Wildman–Crippen LogP) is 9.87. The summed E-state index contributed by atoms with van der Waals surface area (Å²) in [4.78, 5) is 26.7. The molecular formula is C36H48O2. The summed E-state index contributed by atoms with van der Waals surface area (Å²) in [6.45, 7) is 13.5. The number of allylic oxidation sites excluding steroid dienone is 4.